The minimum atomic E-state index is -0.809. The Morgan fingerprint density at radius 3 is 2.74 bits per heavy atom. The Morgan fingerprint density at radius 2 is 2.16 bits per heavy atom. The molecule has 106 valence electrons. The van der Waals surface area contributed by atoms with Crippen LogP contribution in [0, 0.1) is 17.7 Å². The molecule has 1 aromatic carbocycles. The maximum Gasteiger partial charge on any atom is 0.307 e. The molecule has 0 aliphatic carbocycles. The van der Waals surface area contributed by atoms with E-state index < -0.39 is 11.9 Å². The first kappa shape index (κ1) is 16.1. The SMILES string of the molecule is CC(C)CC(CNCc1cccc(Br)c1F)C(=O)O. The van der Waals surface area contributed by atoms with E-state index in [2.05, 4.69) is 21.2 Å². The van der Waals surface area contributed by atoms with Crippen molar-refractivity contribution in [2.45, 2.75) is 26.8 Å². The molecule has 2 N–H and O–H groups in total. The van der Waals surface area contributed by atoms with Crippen LogP contribution in [0.5, 0.6) is 0 Å². The van der Waals surface area contributed by atoms with Crippen LogP contribution >= 0.6 is 15.9 Å². The average molecular weight is 332 g/mol. The van der Waals surface area contributed by atoms with Crippen molar-refractivity contribution in [1.29, 1.82) is 0 Å². The highest BCUT2D eigenvalue weighted by Crippen LogP contribution is 2.18. The largest absolute Gasteiger partial charge is 0.481 e. The van der Waals surface area contributed by atoms with Crippen molar-refractivity contribution in [2.24, 2.45) is 11.8 Å². The van der Waals surface area contributed by atoms with Gasteiger partial charge >= 0.3 is 5.97 Å². The Balaban J connectivity index is 2.52. The van der Waals surface area contributed by atoms with Gasteiger partial charge in [0.05, 0.1) is 10.4 Å². The zero-order valence-electron chi connectivity index (χ0n) is 11.1. The molecular formula is C14H19BrFNO2. The highest BCUT2D eigenvalue weighted by Gasteiger charge is 2.18. The molecular weight excluding hydrogens is 313 g/mol. The second kappa shape index (κ2) is 7.60. The van der Waals surface area contributed by atoms with E-state index >= 15 is 0 Å². The zero-order chi connectivity index (χ0) is 14.4. The minimum Gasteiger partial charge on any atom is -0.481 e. The lowest BCUT2D eigenvalue weighted by Crippen LogP contribution is -2.29. The molecule has 0 bridgehead atoms. The normalized spacial score (nSPS) is 12.7. The molecule has 0 spiro atoms. The number of rotatable bonds is 7. The number of nitrogens with one attached hydrogen (secondary N) is 1. The molecule has 1 unspecified atom stereocenters. The van der Waals surface area contributed by atoms with Gasteiger partial charge in [-0.2, -0.15) is 0 Å². The third-order valence-electron chi connectivity index (χ3n) is 2.84. The summed E-state index contributed by atoms with van der Waals surface area (Å²) in [6.07, 6.45) is 0.614. The number of carbonyl (C=O) groups is 1. The predicted molar refractivity (Wildman–Crippen MR) is 76.4 cm³/mol. The van der Waals surface area contributed by atoms with E-state index in [9.17, 15) is 9.18 Å². The fourth-order valence-corrected chi connectivity index (χ4v) is 2.31. The van der Waals surface area contributed by atoms with E-state index in [1.54, 1.807) is 18.2 Å². The van der Waals surface area contributed by atoms with E-state index in [0.717, 1.165) is 0 Å². The monoisotopic (exact) mass is 331 g/mol. The topological polar surface area (TPSA) is 49.3 Å². The molecule has 0 amide bonds. The van der Waals surface area contributed by atoms with Crippen LogP contribution in [0.2, 0.25) is 0 Å². The van der Waals surface area contributed by atoms with Gasteiger partial charge in [-0.3, -0.25) is 4.79 Å². The number of benzene rings is 1. The number of carboxylic acids is 1. The number of halogens is 2. The molecule has 1 aromatic rings. The lowest BCUT2D eigenvalue weighted by Gasteiger charge is -2.15. The molecule has 0 saturated heterocycles. The summed E-state index contributed by atoms with van der Waals surface area (Å²) in [5.41, 5.74) is 0.531. The van der Waals surface area contributed by atoms with Crippen LogP contribution in [0.3, 0.4) is 0 Å². The van der Waals surface area contributed by atoms with Gasteiger partial charge in [0.2, 0.25) is 0 Å². The lowest BCUT2D eigenvalue weighted by atomic mass is 9.97. The Hall–Kier alpha value is -0.940. The number of carboxylic acid groups (broad SMARTS) is 1. The molecule has 1 atom stereocenters. The molecule has 0 aromatic heterocycles. The molecule has 0 fully saturated rings. The van der Waals surface area contributed by atoms with Crippen molar-refractivity contribution in [3.8, 4) is 0 Å². The van der Waals surface area contributed by atoms with Crippen molar-refractivity contribution in [3.05, 3.63) is 34.1 Å². The number of hydrogen-bond donors (Lipinski definition) is 2. The van der Waals surface area contributed by atoms with Gasteiger partial charge in [-0.25, -0.2) is 4.39 Å². The quantitative estimate of drug-likeness (QED) is 0.804. The predicted octanol–water partition coefficient (Wildman–Crippen LogP) is 3.42. The maximum atomic E-state index is 13.7. The first-order valence-electron chi connectivity index (χ1n) is 6.28. The summed E-state index contributed by atoms with van der Waals surface area (Å²) >= 11 is 3.13. The van der Waals surface area contributed by atoms with E-state index in [1.165, 1.54) is 0 Å². The molecule has 0 heterocycles. The summed E-state index contributed by atoms with van der Waals surface area (Å²) in [7, 11) is 0. The first-order chi connectivity index (χ1) is 8.91. The van der Waals surface area contributed by atoms with Gasteiger partial charge in [0, 0.05) is 18.7 Å². The standard InChI is InChI=1S/C14H19BrFNO2/c1-9(2)6-11(14(18)19)8-17-7-10-4-3-5-12(15)13(10)16/h3-5,9,11,17H,6-8H2,1-2H3,(H,18,19). The summed E-state index contributed by atoms with van der Waals surface area (Å²) < 4.78 is 14.1. The van der Waals surface area contributed by atoms with Gasteiger partial charge in [-0.05, 0) is 34.3 Å². The Morgan fingerprint density at radius 1 is 1.47 bits per heavy atom. The van der Waals surface area contributed by atoms with Crippen LogP contribution in [0.15, 0.2) is 22.7 Å². The molecule has 0 saturated carbocycles. The fourth-order valence-electron chi connectivity index (χ4n) is 1.91. The Kier molecular flexibility index (Phi) is 6.45. The molecule has 0 aliphatic heterocycles. The van der Waals surface area contributed by atoms with Crippen molar-refractivity contribution in [2.75, 3.05) is 6.54 Å². The van der Waals surface area contributed by atoms with E-state index in [-0.39, 0.29) is 5.82 Å². The third-order valence-corrected chi connectivity index (χ3v) is 3.46. The maximum absolute atomic E-state index is 13.7. The summed E-state index contributed by atoms with van der Waals surface area (Å²) in [6.45, 7) is 4.65. The second-order valence-electron chi connectivity index (χ2n) is 5.01. The minimum absolute atomic E-state index is 0.300. The van der Waals surface area contributed by atoms with E-state index in [1.807, 2.05) is 13.8 Å². The highest BCUT2D eigenvalue weighted by atomic mass is 79.9. The Bertz CT molecular complexity index is 437. The van der Waals surface area contributed by atoms with Gasteiger partial charge < -0.3 is 10.4 Å². The second-order valence-corrected chi connectivity index (χ2v) is 5.86. The van der Waals surface area contributed by atoms with Gasteiger partial charge in [-0.1, -0.05) is 26.0 Å². The van der Waals surface area contributed by atoms with Crippen LogP contribution in [0.1, 0.15) is 25.8 Å². The van der Waals surface area contributed by atoms with Gasteiger partial charge in [0.1, 0.15) is 5.82 Å². The van der Waals surface area contributed by atoms with Gasteiger partial charge in [0.15, 0.2) is 0 Å². The van der Waals surface area contributed by atoms with Crippen molar-refractivity contribution < 1.29 is 14.3 Å². The molecule has 5 heteroatoms. The number of aliphatic carboxylic acids is 1. The zero-order valence-corrected chi connectivity index (χ0v) is 12.7. The molecule has 3 nitrogen and oxygen atoms in total. The fraction of sp³-hybridized carbons (Fsp3) is 0.500. The third kappa shape index (κ3) is 5.28. The summed E-state index contributed by atoms with van der Waals surface area (Å²) in [5.74, 6) is -1.22. The molecule has 1 rings (SSSR count). The van der Waals surface area contributed by atoms with Gasteiger partial charge in [0.25, 0.3) is 0 Å². The molecule has 0 radical (unpaired) electrons. The van der Waals surface area contributed by atoms with Crippen molar-refractivity contribution >= 4 is 21.9 Å². The lowest BCUT2D eigenvalue weighted by molar-refractivity contribution is -0.142. The first-order valence-corrected chi connectivity index (χ1v) is 7.07. The molecule has 19 heavy (non-hydrogen) atoms. The van der Waals surface area contributed by atoms with Crippen molar-refractivity contribution in [3.63, 3.8) is 0 Å². The smallest absolute Gasteiger partial charge is 0.307 e. The van der Waals surface area contributed by atoms with E-state index in [4.69, 9.17) is 5.11 Å². The summed E-state index contributed by atoms with van der Waals surface area (Å²) in [4.78, 5) is 11.1. The highest BCUT2D eigenvalue weighted by molar-refractivity contribution is 9.10. The molecule has 0 aliphatic rings. The summed E-state index contributed by atoms with van der Waals surface area (Å²) in [6, 6.07) is 5.08. The van der Waals surface area contributed by atoms with Crippen LogP contribution in [-0.4, -0.2) is 17.6 Å². The van der Waals surface area contributed by atoms with Crippen LogP contribution < -0.4 is 5.32 Å². The van der Waals surface area contributed by atoms with Crippen LogP contribution in [0.25, 0.3) is 0 Å². The Labute approximate surface area is 121 Å². The van der Waals surface area contributed by atoms with E-state index in [0.29, 0.717) is 35.5 Å². The van der Waals surface area contributed by atoms with Crippen LogP contribution in [-0.2, 0) is 11.3 Å². The number of hydrogen-bond acceptors (Lipinski definition) is 2. The summed E-state index contributed by atoms with van der Waals surface area (Å²) in [5, 5.41) is 12.1. The van der Waals surface area contributed by atoms with Crippen LogP contribution in [0.4, 0.5) is 4.39 Å². The van der Waals surface area contributed by atoms with Crippen molar-refractivity contribution in [1.82, 2.24) is 5.32 Å². The van der Waals surface area contributed by atoms with Gasteiger partial charge in [-0.15, -0.1) is 0 Å². The average Bonchev–Trinajstić information content (AvgIpc) is 2.32.